The third kappa shape index (κ3) is 6.55. The van der Waals surface area contributed by atoms with E-state index in [0.717, 1.165) is 5.69 Å². The molecule has 0 aliphatic rings. The number of carbonyl (C=O) groups excluding carboxylic acids is 2. The lowest BCUT2D eigenvalue weighted by Gasteiger charge is -2.27. The molecule has 2 heterocycles. The summed E-state index contributed by atoms with van der Waals surface area (Å²) in [6.07, 6.45) is 3.96. The van der Waals surface area contributed by atoms with Crippen LogP contribution in [0, 0.1) is 10.1 Å². The number of non-ortho nitro benzene ring substituents is 1. The van der Waals surface area contributed by atoms with Gasteiger partial charge in [-0.15, -0.1) is 0 Å². The van der Waals surface area contributed by atoms with Crippen LogP contribution < -0.4 is 0 Å². The predicted molar refractivity (Wildman–Crippen MR) is 124 cm³/mol. The van der Waals surface area contributed by atoms with Crippen LogP contribution in [-0.2, 0) is 29.7 Å². The van der Waals surface area contributed by atoms with Gasteiger partial charge in [-0.05, 0) is 36.8 Å². The molecule has 0 bridgehead atoms. The number of ether oxygens (including phenoxy) is 1. The van der Waals surface area contributed by atoms with Crippen LogP contribution in [0.4, 0.5) is 5.69 Å². The fourth-order valence-corrected chi connectivity index (χ4v) is 3.53. The molecule has 0 aliphatic carbocycles. The third-order valence-corrected chi connectivity index (χ3v) is 5.38. The zero-order valence-electron chi connectivity index (χ0n) is 19.3. The topological polar surface area (TPSA) is 111 Å². The summed E-state index contributed by atoms with van der Waals surface area (Å²) in [5.74, 6) is -0.0998. The number of nitrogens with zero attached hydrogens (tertiary/aromatic N) is 4. The van der Waals surface area contributed by atoms with E-state index in [9.17, 15) is 19.7 Å². The van der Waals surface area contributed by atoms with Gasteiger partial charge in [0.05, 0.1) is 24.3 Å². The molecule has 0 unspecified atom stereocenters. The van der Waals surface area contributed by atoms with E-state index in [1.54, 1.807) is 30.4 Å². The number of hydrogen-bond acceptors (Lipinski definition) is 6. The van der Waals surface area contributed by atoms with Crippen molar-refractivity contribution in [1.29, 1.82) is 0 Å². The third-order valence-electron chi connectivity index (χ3n) is 5.38. The lowest BCUT2D eigenvalue weighted by Crippen LogP contribution is -2.43. The van der Waals surface area contributed by atoms with Crippen LogP contribution in [0.2, 0.25) is 0 Å². The molecular formula is C24H28N4O6. The maximum absolute atomic E-state index is 13.4. The van der Waals surface area contributed by atoms with Crippen molar-refractivity contribution in [1.82, 2.24) is 14.4 Å². The summed E-state index contributed by atoms with van der Waals surface area (Å²) in [6, 6.07) is 12.9. The summed E-state index contributed by atoms with van der Waals surface area (Å²) in [5.41, 5.74) is 0.896. The van der Waals surface area contributed by atoms with E-state index < -0.39 is 10.8 Å². The minimum atomic E-state index is -0.553. The average molecular weight is 469 g/mol. The predicted octanol–water partition coefficient (Wildman–Crippen LogP) is 3.23. The lowest BCUT2D eigenvalue weighted by molar-refractivity contribution is -0.384. The Balaban J connectivity index is 1.82. The van der Waals surface area contributed by atoms with E-state index in [4.69, 9.17) is 9.15 Å². The minimum Gasteiger partial charge on any atom is -0.467 e. The highest BCUT2D eigenvalue weighted by Crippen LogP contribution is 2.17. The molecular weight excluding hydrogens is 440 g/mol. The molecule has 10 nitrogen and oxygen atoms in total. The van der Waals surface area contributed by atoms with Crippen molar-refractivity contribution >= 4 is 17.5 Å². The Labute approximate surface area is 197 Å². The van der Waals surface area contributed by atoms with Gasteiger partial charge in [-0.25, -0.2) is 0 Å². The standard InChI is InChI=1S/C24H28N4O6/c1-25-11-4-9-21(25)16-27(17-22-10-5-14-34-22)23(29)18-26(12-6-13-33-2)24(30)19-7-3-8-20(15-19)28(31)32/h3-5,7-11,14-15H,6,12-13,16-18H2,1-2H3. The normalized spacial score (nSPS) is 10.8. The van der Waals surface area contributed by atoms with Crippen LogP contribution in [0.1, 0.15) is 28.2 Å². The zero-order valence-corrected chi connectivity index (χ0v) is 19.3. The summed E-state index contributed by atoms with van der Waals surface area (Å²) in [5, 5.41) is 11.1. The Morgan fingerprint density at radius 3 is 2.59 bits per heavy atom. The first-order chi connectivity index (χ1) is 16.4. The van der Waals surface area contributed by atoms with Gasteiger partial charge in [0.15, 0.2) is 0 Å². The lowest BCUT2D eigenvalue weighted by atomic mass is 10.1. The van der Waals surface area contributed by atoms with Crippen molar-refractivity contribution in [2.24, 2.45) is 7.05 Å². The summed E-state index contributed by atoms with van der Waals surface area (Å²) >= 11 is 0. The highest BCUT2D eigenvalue weighted by Gasteiger charge is 2.24. The van der Waals surface area contributed by atoms with Gasteiger partial charge in [0.2, 0.25) is 5.91 Å². The number of carbonyl (C=O) groups is 2. The molecule has 3 aromatic rings. The Hall–Kier alpha value is -3.92. The Kier molecular flexibility index (Phi) is 8.58. The molecule has 0 spiro atoms. The van der Waals surface area contributed by atoms with Crippen molar-refractivity contribution in [2.45, 2.75) is 19.5 Å². The number of benzene rings is 1. The molecule has 3 rings (SSSR count). The van der Waals surface area contributed by atoms with E-state index in [0.29, 0.717) is 25.3 Å². The number of methoxy groups -OCH3 is 1. The molecule has 0 N–H and O–H groups in total. The van der Waals surface area contributed by atoms with Crippen molar-refractivity contribution in [3.05, 3.63) is 88.1 Å². The number of aryl methyl sites for hydroxylation is 1. The smallest absolute Gasteiger partial charge is 0.270 e. The van der Waals surface area contributed by atoms with E-state index in [2.05, 4.69) is 0 Å². The quantitative estimate of drug-likeness (QED) is 0.229. The first kappa shape index (κ1) is 24.7. The van der Waals surface area contributed by atoms with Gasteiger partial charge >= 0.3 is 0 Å². The molecule has 180 valence electrons. The van der Waals surface area contributed by atoms with E-state index in [-0.39, 0.29) is 36.8 Å². The maximum atomic E-state index is 13.4. The van der Waals surface area contributed by atoms with E-state index in [1.165, 1.54) is 29.2 Å². The number of nitro groups is 1. The van der Waals surface area contributed by atoms with E-state index >= 15 is 0 Å². The number of rotatable bonds is 12. The van der Waals surface area contributed by atoms with Gasteiger partial charge in [0, 0.05) is 56.9 Å². The van der Waals surface area contributed by atoms with Crippen LogP contribution >= 0.6 is 0 Å². The molecule has 0 fully saturated rings. The molecule has 2 amide bonds. The Morgan fingerprint density at radius 2 is 1.94 bits per heavy atom. The fourth-order valence-electron chi connectivity index (χ4n) is 3.53. The first-order valence-corrected chi connectivity index (χ1v) is 10.8. The first-order valence-electron chi connectivity index (χ1n) is 10.8. The van der Waals surface area contributed by atoms with Crippen molar-refractivity contribution in [2.75, 3.05) is 26.8 Å². The summed E-state index contributed by atoms with van der Waals surface area (Å²) in [6.45, 7) is 1.07. The molecule has 10 heteroatoms. The van der Waals surface area contributed by atoms with Gasteiger partial charge < -0.3 is 23.5 Å². The minimum absolute atomic E-state index is 0.152. The molecule has 0 saturated heterocycles. The van der Waals surface area contributed by atoms with Crippen molar-refractivity contribution in [3.63, 3.8) is 0 Å². The monoisotopic (exact) mass is 468 g/mol. The second-order valence-corrected chi connectivity index (χ2v) is 7.82. The zero-order chi connectivity index (χ0) is 24.5. The molecule has 0 atom stereocenters. The van der Waals surface area contributed by atoms with E-state index in [1.807, 2.05) is 29.9 Å². The van der Waals surface area contributed by atoms with Crippen LogP contribution in [0.15, 0.2) is 65.4 Å². The van der Waals surface area contributed by atoms with Crippen LogP contribution in [0.25, 0.3) is 0 Å². The van der Waals surface area contributed by atoms with Crippen molar-refractivity contribution in [3.8, 4) is 0 Å². The van der Waals surface area contributed by atoms with Gasteiger partial charge in [-0.3, -0.25) is 19.7 Å². The van der Waals surface area contributed by atoms with Crippen LogP contribution in [0.3, 0.4) is 0 Å². The van der Waals surface area contributed by atoms with Gasteiger partial charge in [0.1, 0.15) is 12.3 Å². The highest BCUT2D eigenvalue weighted by atomic mass is 16.6. The fraction of sp³-hybridized carbons (Fsp3) is 0.333. The number of hydrogen-bond donors (Lipinski definition) is 0. The number of amides is 2. The summed E-state index contributed by atoms with van der Waals surface area (Å²) in [4.78, 5) is 40.3. The largest absolute Gasteiger partial charge is 0.467 e. The Morgan fingerprint density at radius 1 is 1.12 bits per heavy atom. The second-order valence-electron chi connectivity index (χ2n) is 7.82. The number of nitro benzene ring substituents is 1. The molecule has 0 aliphatic heterocycles. The maximum Gasteiger partial charge on any atom is 0.270 e. The average Bonchev–Trinajstić information content (AvgIpc) is 3.49. The van der Waals surface area contributed by atoms with Crippen LogP contribution in [0.5, 0.6) is 0 Å². The van der Waals surface area contributed by atoms with Crippen LogP contribution in [-0.4, -0.2) is 57.9 Å². The summed E-state index contributed by atoms with van der Waals surface area (Å²) < 4.78 is 12.5. The highest BCUT2D eigenvalue weighted by molar-refractivity contribution is 5.97. The molecule has 0 radical (unpaired) electrons. The molecule has 0 saturated carbocycles. The molecule has 1 aromatic carbocycles. The second kappa shape index (κ2) is 11.8. The molecule has 2 aromatic heterocycles. The van der Waals surface area contributed by atoms with Gasteiger partial charge in [-0.1, -0.05) is 6.07 Å². The van der Waals surface area contributed by atoms with Gasteiger partial charge in [0.25, 0.3) is 11.6 Å². The van der Waals surface area contributed by atoms with Crippen molar-refractivity contribution < 1.29 is 23.7 Å². The number of furan rings is 1. The van der Waals surface area contributed by atoms with Gasteiger partial charge in [-0.2, -0.15) is 0 Å². The SMILES string of the molecule is COCCCN(CC(=O)N(Cc1ccco1)Cc1cccn1C)C(=O)c1cccc([N+](=O)[O-])c1. The molecule has 34 heavy (non-hydrogen) atoms. The Bertz CT molecular complexity index is 1110. The number of aromatic nitrogens is 1. The summed E-state index contributed by atoms with van der Waals surface area (Å²) in [7, 11) is 3.45.